The van der Waals surface area contributed by atoms with E-state index in [2.05, 4.69) is 13.8 Å². The highest BCUT2D eigenvalue weighted by atomic mass is 32.2. The molecule has 0 saturated carbocycles. The summed E-state index contributed by atoms with van der Waals surface area (Å²) < 4.78 is 25.2. The highest BCUT2D eigenvalue weighted by Crippen LogP contribution is 2.15. The Morgan fingerprint density at radius 2 is 1.65 bits per heavy atom. The van der Waals surface area contributed by atoms with Gasteiger partial charge in [-0.05, 0) is 18.4 Å². The molecule has 1 aliphatic heterocycles. The number of carbonyl (C=O) groups is 1. The quantitative estimate of drug-likeness (QED) is 0.744. The largest absolute Gasteiger partial charge is 0.293 e. The van der Waals surface area contributed by atoms with Crippen molar-refractivity contribution in [3.63, 3.8) is 0 Å². The Hall–Kier alpha value is -1.24. The van der Waals surface area contributed by atoms with E-state index in [1.54, 1.807) is 6.92 Å². The summed E-state index contributed by atoms with van der Waals surface area (Å²) in [6, 6.07) is 7.78. The molecule has 23 heavy (non-hydrogen) atoms. The minimum atomic E-state index is -3.12. The Labute approximate surface area is 139 Å². The molecule has 0 amide bonds. The van der Waals surface area contributed by atoms with Crippen molar-refractivity contribution in [3.05, 3.63) is 35.4 Å². The molecule has 0 spiro atoms. The zero-order valence-electron chi connectivity index (χ0n) is 14.2. The van der Waals surface area contributed by atoms with E-state index < -0.39 is 10.0 Å². The number of ketones is 1. The number of carbonyl (C=O) groups excluding carboxylic acids is 1. The van der Waals surface area contributed by atoms with Gasteiger partial charge in [-0.2, -0.15) is 4.31 Å². The first-order valence-electron chi connectivity index (χ1n) is 8.17. The molecular weight excluding hydrogens is 312 g/mol. The maximum Gasteiger partial charge on any atom is 0.213 e. The lowest BCUT2D eigenvalue weighted by Gasteiger charge is -2.33. The van der Waals surface area contributed by atoms with Gasteiger partial charge in [0.25, 0.3) is 0 Å². The fourth-order valence-corrected chi connectivity index (χ4v) is 3.78. The predicted molar refractivity (Wildman–Crippen MR) is 92.3 cm³/mol. The lowest BCUT2D eigenvalue weighted by molar-refractivity contribution is 0.0901. The number of Topliss-reactive ketones (excluding diaryl/α,β-unsaturated/α-hetero) is 1. The Bertz CT molecular complexity index is 630. The molecule has 128 valence electrons. The molecule has 1 heterocycles. The average Bonchev–Trinajstić information content (AvgIpc) is 2.55. The SMILES string of the molecule is CCS(=O)(=O)N1CCN(CC(=O)c2ccc(C(C)C)cc2)CC1. The van der Waals surface area contributed by atoms with Gasteiger partial charge in [0.2, 0.25) is 10.0 Å². The van der Waals surface area contributed by atoms with Crippen molar-refractivity contribution < 1.29 is 13.2 Å². The maximum atomic E-state index is 12.4. The molecular formula is C17H26N2O3S. The van der Waals surface area contributed by atoms with Crippen LogP contribution < -0.4 is 0 Å². The van der Waals surface area contributed by atoms with Crippen LogP contribution in [0.3, 0.4) is 0 Å². The Morgan fingerprint density at radius 3 is 2.13 bits per heavy atom. The fraction of sp³-hybridized carbons (Fsp3) is 0.588. The average molecular weight is 338 g/mol. The predicted octanol–water partition coefficient (Wildman–Crippen LogP) is 1.96. The second-order valence-corrected chi connectivity index (χ2v) is 8.53. The van der Waals surface area contributed by atoms with Crippen LogP contribution in [0, 0.1) is 0 Å². The van der Waals surface area contributed by atoms with Gasteiger partial charge in [0, 0.05) is 31.7 Å². The van der Waals surface area contributed by atoms with Crippen LogP contribution in [0.2, 0.25) is 0 Å². The second kappa shape index (κ2) is 7.55. The summed E-state index contributed by atoms with van der Waals surface area (Å²) in [5.41, 5.74) is 1.94. The number of hydrogen-bond acceptors (Lipinski definition) is 4. The molecule has 0 atom stereocenters. The van der Waals surface area contributed by atoms with Gasteiger partial charge in [0.1, 0.15) is 0 Å². The summed E-state index contributed by atoms with van der Waals surface area (Å²) in [5.74, 6) is 0.675. The van der Waals surface area contributed by atoms with Crippen LogP contribution in [0.15, 0.2) is 24.3 Å². The molecule has 0 aliphatic carbocycles. The molecule has 5 nitrogen and oxygen atoms in total. The van der Waals surface area contributed by atoms with E-state index in [9.17, 15) is 13.2 Å². The standard InChI is InChI=1S/C17H26N2O3S/c1-4-23(21,22)19-11-9-18(10-12-19)13-17(20)16-7-5-15(6-8-16)14(2)3/h5-8,14H,4,9-13H2,1-3H3. The molecule has 1 aromatic rings. The number of hydrogen-bond donors (Lipinski definition) is 0. The van der Waals surface area contributed by atoms with Crippen LogP contribution in [0.1, 0.15) is 42.6 Å². The van der Waals surface area contributed by atoms with E-state index >= 15 is 0 Å². The van der Waals surface area contributed by atoms with Crippen LogP contribution in [0.5, 0.6) is 0 Å². The lowest BCUT2D eigenvalue weighted by atomic mass is 10.0. The molecule has 2 rings (SSSR count). The number of sulfonamides is 1. The van der Waals surface area contributed by atoms with Gasteiger partial charge in [-0.1, -0.05) is 38.1 Å². The first-order valence-corrected chi connectivity index (χ1v) is 9.77. The molecule has 1 saturated heterocycles. The number of rotatable bonds is 6. The minimum absolute atomic E-state index is 0.0899. The van der Waals surface area contributed by atoms with Crippen molar-refractivity contribution in [1.82, 2.24) is 9.21 Å². The highest BCUT2D eigenvalue weighted by molar-refractivity contribution is 7.89. The molecule has 0 aromatic heterocycles. The third-order valence-electron chi connectivity index (χ3n) is 4.36. The second-order valence-electron chi connectivity index (χ2n) is 6.28. The van der Waals surface area contributed by atoms with Crippen molar-refractivity contribution in [3.8, 4) is 0 Å². The third kappa shape index (κ3) is 4.62. The third-order valence-corrected chi connectivity index (χ3v) is 6.24. The Kier molecular flexibility index (Phi) is 5.95. The van der Waals surface area contributed by atoms with E-state index in [1.807, 2.05) is 29.2 Å². The monoisotopic (exact) mass is 338 g/mol. The van der Waals surface area contributed by atoms with Crippen molar-refractivity contribution in [2.24, 2.45) is 0 Å². The lowest BCUT2D eigenvalue weighted by Crippen LogP contribution is -2.50. The normalized spacial score (nSPS) is 17.6. The molecule has 1 aliphatic rings. The summed E-state index contributed by atoms with van der Waals surface area (Å²) in [7, 11) is -3.12. The van der Waals surface area contributed by atoms with Gasteiger partial charge in [-0.15, -0.1) is 0 Å². The van der Waals surface area contributed by atoms with Crippen molar-refractivity contribution in [2.75, 3.05) is 38.5 Å². The molecule has 1 aromatic carbocycles. The number of piperazine rings is 1. The zero-order chi connectivity index (χ0) is 17.0. The summed E-state index contributed by atoms with van der Waals surface area (Å²) in [6.45, 7) is 8.41. The maximum absolute atomic E-state index is 12.4. The molecule has 0 unspecified atom stereocenters. The van der Waals surface area contributed by atoms with E-state index in [4.69, 9.17) is 0 Å². The fourth-order valence-electron chi connectivity index (χ4n) is 2.70. The minimum Gasteiger partial charge on any atom is -0.293 e. The van der Waals surface area contributed by atoms with Gasteiger partial charge < -0.3 is 0 Å². The van der Waals surface area contributed by atoms with E-state index in [-0.39, 0.29) is 11.5 Å². The summed E-state index contributed by atoms with van der Waals surface area (Å²) in [5, 5.41) is 0. The Balaban J connectivity index is 1.90. The van der Waals surface area contributed by atoms with Gasteiger partial charge in [-0.25, -0.2) is 8.42 Å². The van der Waals surface area contributed by atoms with Crippen molar-refractivity contribution in [2.45, 2.75) is 26.7 Å². The van der Waals surface area contributed by atoms with Crippen LogP contribution >= 0.6 is 0 Å². The molecule has 0 radical (unpaired) electrons. The van der Waals surface area contributed by atoms with Crippen LogP contribution in [0.4, 0.5) is 0 Å². The zero-order valence-corrected chi connectivity index (χ0v) is 15.0. The topological polar surface area (TPSA) is 57.7 Å². The molecule has 6 heteroatoms. The van der Waals surface area contributed by atoms with Crippen LogP contribution in [0.25, 0.3) is 0 Å². The highest BCUT2D eigenvalue weighted by Gasteiger charge is 2.26. The van der Waals surface area contributed by atoms with Gasteiger partial charge >= 0.3 is 0 Å². The van der Waals surface area contributed by atoms with Gasteiger partial charge in [-0.3, -0.25) is 9.69 Å². The number of nitrogens with zero attached hydrogens (tertiary/aromatic N) is 2. The van der Waals surface area contributed by atoms with E-state index in [1.165, 1.54) is 9.87 Å². The van der Waals surface area contributed by atoms with E-state index in [0.717, 1.165) is 5.56 Å². The van der Waals surface area contributed by atoms with E-state index in [0.29, 0.717) is 38.6 Å². The Morgan fingerprint density at radius 1 is 1.09 bits per heavy atom. The van der Waals surface area contributed by atoms with Crippen LogP contribution in [-0.2, 0) is 10.0 Å². The molecule has 0 bridgehead atoms. The van der Waals surface area contributed by atoms with Crippen LogP contribution in [-0.4, -0.2) is 61.9 Å². The summed E-state index contributed by atoms with van der Waals surface area (Å²) in [4.78, 5) is 14.4. The van der Waals surface area contributed by atoms with Gasteiger partial charge in [0.05, 0.1) is 12.3 Å². The summed E-state index contributed by atoms with van der Waals surface area (Å²) >= 11 is 0. The molecule has 0 N–H and O–H groups in total. The molecule has 1 fully saturated rings. The first-order chi connectivity index (χ1) is 10.8. The smallest absolute Gasteiger partial charge is 0.213 e. The first kappa shape index (κ1) is 18.1. The number of benzene rings is 1. The summed E-state index contributed by atoms with van der Waals surface area (Å²) in [6.07, 6.45) is 0. The van der Waals surface area contributed by atoms with Crippen molar-refractivity contribution >= 4 is 15.8 Å². The van der Waals surface area contributed by atoms with Crippen molar-refractivity contribution in [1.29, 1.82) is 0 Å². The van der Waals surface area contributed by atoms with Gasteiger partial charge in [0.15, 0.2) is 5.78 Å².